The highest BCUT2D eigenvalue weighted by Crippen LogP contribution is 2.34. The van der Waals surface area contributed by atoms with Gasteiger partial charge in [0.25, 0.3) is 0 Å². The Balaban J connectivity index is 2.49. The first-order chi connectivity index (χ1) is 9.82. The van der Waals surface area contributed by atoms with Crippen molar-refractivity contribution in [3.8, 4) is 0 Å². The highest BCUT2D eigenvalue weighted by Gasteiger charge is 2.31. The third-order valence-electron chi connectivity index (χ3n) is 3.16. The molecule has 0 saturated heterocycles. The van der Waals surface area contributed by atoms with Crippen molar-refractivity contribution in [1.82, 2.24) is 10.4 Å². The first kappa shape index (κ1) is 15.3. The standard InChI is InChI=1S/C14H15F3N4/c1-8-2-3-9(7-20-8)13(21-19)11-6-10(14(15,16)17)4-5-12(11)18/h2-7,13,21H,18-19H2,1H3. The normalized spacial score (nSPS) is 13.2. The molecule has 112 valence electrons. The van der Waals surface area contributed by atoms with Crippen LogP contribution in [0.5, 0.6) is 0 Å². The maximum atomic E-state index is 12.8. The molecule has 0 aliphatic rings. The molecule has 0 amide bonds. The lowest BCUT2D eigenvalue weighted by atomic mass is 9.97. The van der Waals surface area contributed by atoms with E-state index in [2.05, 4.69) is 10.4 Å². The third-order valence-corrected chi connectivity index (χ3v) is 3.16. The molecule has 0 fully saturated rings. The maximum Gasteiger partial charge on any atom is 0.416 e. The number of aryl methyl sites for hydroxylation is 1. The zero-order valence-electron chi connectivity index (χ0n) is 11.3. The summed E-state index contributed by atoms with van der Waals surface area (Å²) in [5.41, 5.74) is 9.43. The van der Waals surface area contributed by atoms with E-state index in [1.165, 1.54) is 6.07 Å². The van der Waals surface area contributed by atoms with Gasteiger partial charge in [-0.15, -0.1) is 0 Å². The molecule has 0 radical (unpaired) electrons. The van der Waals surface area contributed by atoms with E-state index in [4.69, 9.17) is 11.6 Å². The first-order valence-electron chi connectivity index (χ1n) is 6.18. The molecular weight excluding hydrogens is 281 g/mol. The Morgan fingerprint density at radius 3 is 2.43 bits per heavy atom. The van der Waals surface area contributed by atoms with Gasteiger partial charge in [0.05, 0.1) is 11.6 Å². The highest BCUT2D eigenvalue weighted by atomic mass is 19.4. The fourth-order valence-electron chi connectivity index (χ4n) is 2.02. The van der Waals surface area contributed by atoms with Crippen molar-refractivity contribution in [3.63, 3.8) is 0 Å². The summed E-state index contributed by atoms with van der Waals surface area (Å²) in [6.07, 6.45) is -2.88. The van der Waals surface area contributed by atoms with Crippen LogP contribution in [0.3, 0.4) is 0 Å². The van der Waals surface area contributed by atoms with Gasteiger partial charge in [-0.25, -0.2) is 5.43 Å². The number of pyridine rings is 1. The van der Waals surface area contributed by atoms with Crippen LogP contribution >= 0.6 is 0 Å². The third kappa shape index (κ3) is 3.32. The highest BCUT2D eigenvalue weighted by molar-refractivity contribution is 5.53. The Morgan fingerprint density at radius 1 is 1.19 bits per heavy atom. The van der Waals surface area contributed by atoms with Crippen molar-refractivity contribution in [3.05, 3.63) is 58.9 Å². The van der Waals surface area contributed by atoms with E-state index in [-0.39, 0.29) is 11.3 Å². The summed E-state index contributed by atoms with van der Waals surface area (Å²) in [5, 5.41) is 0. The predicted octanol–water partition coefficient (Wildman–Crippen LogP) is 2.54. The number of nitrogen functional groups attached to an aromatic ring is 1. The summed E-state index contributed by atoms with van der Waals surface area (Å²) in [7, 11) is 0. The first-order valence-corrected chi connectivity index (χ1v) is 6.18. The topological polar surface area (TPSA) is 77.0 Å². The van der Waals surface area contributed by atoms with Gasteiger partial charge < -0.3 is 5.73 Å². The molecule has 1 atom stereocenters. The molecular formula is C14H15F3N4. The van der Waals surface area contributed by atoms with Crippen LogP contribution in [-0.4, -0.2) is 4.98 Å². The molecule has 0 saturated carbocycles. The molecule has 2 aromatic rings. The number of hydrogen-bond donors (Lipinski definition) is 3. The van der Waals surface area contributed by atoms with E-state index in [1.54, 1.807) is 18.3 Å². The summed E-state index contributed by atoms with van der Waals surface area (Å²) in [6.45, 7) is 1.81. The Bertz CT molecular complexity index is 623. The Hall–Kier alpha value is -2.12. The second kappa shape index (κ2) is 5.71. The van der Waals surface area contributed by atoms with Crippen LogP contribution in [0.25, 0.3) is 0 Å². The second-order valence-corrected chi connectivity index (χ2v) is 4.67. The lowest BCUT2D eigenvalue weighted by Gasteiger charge is -2.20. The van der Waals surface area contributed by atoms with Crippen molar-refractivity contribution in [2.45, 2.75) is 19.1 Å². The van der Waals surface area contributed by atoms with Gasteiger partial charge in [0, 0.05) is 17.6 Å². The van der Waals surface area contributed by atoms with E-state index in [0.29, 0.717) is 5.56 Å². The average molecular weight is 296 g/mol. The molecule has 2 rings (SSSR count). The average Bonchev–Trinajstić information content (AvgIpc) is 2.42. The fourth-order valence-corrected chi connectivity index (χ4v) is 2.02. The number of nitrogens with two attached hydrogens (primary N) is 2. The summed E-state index contributed by atoms with van der Waals surface area (Å²) < 4.78 is 38.5. The van der Waals surface area contributed by atoms with Crippen LogP contribution in [0.15, 0.2) is 36.5 Å². The monoisotopic (exact) mass is 296 g/mol. The van der Waals surface area contributed by atoms with Crippen molar-refractivity contribution >= 4 is 5.69 Å². The number of nitrogens with zero attached hydrogens (tertiary/aromatic N) is 1. The summed E-state index contributed by atoms with van der Waals surface area (Å²) in [4.78, 5) is 4.12. The van der Waals surface area contributed by atoms with E-state index < -0.39 is 17.8 Å². The van der Waals surface area contributed by atoms with Crippen molar-refractivity contribution in [2.24, 2.45) is 5.84 Å². The number of benzene rings is 1. The van der Waals surface area contributed by atoms with Gasteiger partial charge in [-0.2, -0.15) is 13.2 Å². The zero-order chi connectivity index (χ0) is 15.6. The van der Waals surface area contributed by atoms with Gasteiger partial charge in [0.1, 0.15) is 0 Å². The molecule has 1 aromatic heterocycles. The number of hydrazine groups is 1. The molecule has 7 heteroatoms. The number of alkyl halides is 3. The smallest absolute Gasteiger partial charge is 0.398 e. The van der Waals surface area contributed by atoms with Crippen LogP contribution in [0.4, 0.5) is 18.9 Å². The van der Waals surface area contributed by atoms with Crippen LogP contribution in [0.1, 0.15) is 28.4 Å². The Morgan fingerprint density at radius 2 is 1.90 bits per heavy atom. The summed E-state index contributed by atoms with van der Waals surface area (Å²) >= 11 is 0. The number of rotatable bonds is 3. The molecule has 0 spiro atoms. The molecule has 1 unspecified atom stereocenters. The lowest BCUT2D eigenvalue weighted by Crippen LogP contribution is -2.30. The Kier molecular flexibility index (Phi) is 4.15. The number of nitrogens with one attached hydrogen (secondary N) is 1. The lowest BCUT2D eigenvalue weighted by molar-refractivity contribution is -0.137. The molecule has 1 heterocycles. The Labute approximate surface area is 119 Å². The largest absolute Gasteiger partial charge is 0.416 e. The fraction of sp³-hybridized carbons (Fsp3) is 0.214. The van der Waals surface area contributed by atoms with E-state index in [9.17, 15) is 13.2 Å². The number of hydrogen-bond acceptors (Lipinski definition) is 4. The minimum absolute atomic E-state index is 0.228. The number of halogens is 3. The zero-order valence-corrected chi connectivity index (χ0v) is 11.3. The van der Waals surface area contributed by atoms with Crippen molar-refractivity contribution < 1.29 is 13.2 Å². The molecule has 0 aliphatic heterocycles. The molecule has 4 nitrogen and oxygen atoms in total. The quantitative estimate of drug-likeness (QED) is 0.462. The summed E-state index contributed by atoms with van der Waals surface area (Å²) in [6, 6.07) is 6.00. The van der Waals surface area contributed by atoms with Crippen LogP contribution in [0.2, 0.25) is 0 Å². The molecule has 5 N–H and O–H groups in total. The molecule has 0 bridgehead atoms. The van der Waals surface area contributed by atoms with Crippen LogP contribution < -0.4 is 17.0 Å². The molecule has 0 aliphatic carbocycles. The van der Waals surface area contributed by atoms with Gasteiger partial charge >= 0.3 is 6.18 Å². The SMILES string of the molecule is Cc1ccc(C(NN)c2cc(C(F)(F)F)ccc2N)cn1. The molecule has 21 heavy (non-hydrogen) atoms. The van der Waals surface area contributed by atoms with Crippen LogP contribution in [0, 0.1) is 6.92 Å². The van der Waals surface area contributed by atoms with Gasteiger partial charge in [-0.05, 0) is 42.3 Å². The predicted molar refractivity (Wildman–Crippen MR) is 74.0 cm³/mol. The number of anilines is 1. The van der Waals surface area contributed by atoms with Gasteiger partial charge in [0.2, 0.25) is 0 Å². The van der Waals surface area contributed by atoms with E-state index in [1.807, 2.05) is 6.92 Å². The minimum atomic E-state index is -4.44. The minimum Gasteiger partial charge on any atom is -0.398 e. The maximum absolute atomic E-state index is 12.8. The van der Waals surface area contributed by atoms with Gasteiger partial charge in [-0.1, -0.05) is 6.07 Å². The van der Waals surface area contributed by atoms with Gasteiger partial charge in [-0.3, -0.25) is 10.8 Å². The second-order valence-electron chi connectivity index (χ2n) is 4.67. The van der Waals surface area contributed by atoms with Crippen LogP contribution in [-0.2, 0) is 6.18 Å². The van der Waals surface area contributed by atoms with Crippen molar-refractivity contribution in [2.75, 3.05) is 5.73 Å². The summed E-state index contributed by atoms with van der Waals surface area (Å²) in [5.74, 6) is 5.49. The van der Waals surface area contributed by atoms with Gasteiger partial charge in [0.15, 0.2) is 0 Å². The van der Waals surface area contributed by atoms with Crippen molar-refractivity contribution in [1.29, 1.82) is 0 Å². The van der Waals surface area contributed by atoms with E-state index >= 15 is 0 Å². The molecule has 1 aromatic carbocycles. The number of aromatic nitrogens is 1. The van der Waals surface area contributed by atoms with E-state index in [0.717, 1.165) is 17.8 Å².